The Morgan fingerprint density at radius 1 is 0.967 bits per heavy atom. The van der Waals surface area contributed by atoms with Gasteiger partial charge < -0.3 is 40.7 Å². The third kappa shape index (κ3) is 12.5. The number of fused-ring (bicyclic) bond motifs is 1. The monoisotopic (exact) mass is 880 g/mol. The Morgan fingerprint density at radius 3 is 2.28 bits per heavy atom. The molecule has 19 heteroatoms. The van der Waals surface area contributed by atoms with Gasteiger partial charge in [0.1, 0.15) is 18.4 Å². The average molecular weight is 882 g/mol. The van der Waals surface area contributed by atoms with Crippen molar-refractivity contribution >= 4 is 69.6 Å². The van der Waals surface area contributed by atoms with Crippen molar-refractivity contribution in [3.05, 3.63) is 75.3 Å². The maximum Gasteiger partial charge on any atom is 0.336 e. The van der Waals surface area contributed by atoms with Gasteiger partial charge in [-0.2, -0.15) is 10.5 Å². The predicted octanol–water partition coefficient (Wildman–Crippen LogP) is 4.17. The van der Waals surface area contributed by atoms with Crippen LogP contribution in [-0.4, -0.2) is 123 Å². The molecule has 3 atom stereocenters. The first-order chi connectivity index (χ1) is 29.0. The van der Waals surface area contributed by atoms with Crippen LogP contribution in [0.5, 0.6) is 5.75 Å². The number of nitrogens with zero attached hydrogens (tertiary/aromatic N) is 4. The summed E-state index contributed by atoms with van der Waals surface area (Å²) in [7, 11) is 1.44. The van der Waals surface area contributed by atoms with Crippen molar-refractivity contribution in [2.24, 2.45) is 0 Å². The highest BCUT2D eigenvalue weighted by Crippen LogP contribution is 2.34. The van der Waals surface area contributed by atoms with E-state index in [4.69, 9.17) is 53.6 Å². The molecule has 17 nitrogen and oxygen atoms in total. The molecule has 3 aromatic carbocycles. The fourth-order valence-corrected chi connectivity index (χ4v) is 7.92. The number of hydrogen-bond donors (Lipinski definition) is 6. The number of carbonyl (C=O) groups is 6. The highest BCUT2D eigenvalue weighted by Gasteiger charge is 2.41. The number of ether oxygens (including phenoxy) is 1. The number of carbonyl (C=O) groups excluding carboxylic acids is 3. The minimum atomic E-state index is -2.74. The van der Waals surface area contributed by atoms with E-state index in [0.717, 1.165) is 30.2 Å². The quantitative estimate of drug-likeness (QED) is 0.110. The van der Waals surface area contributed by atoms with Crippen LogP contribution in [0.15, 0.2) is 48.5 Å². The van der Waals surface area contributed by atoms with Crippen molar-refractivity contribution in [1.82, 2.24) is 20.4 Å². The third-order valence-corrected chi connectivity index (χ3v) is 11.4. The number of rotatable bonds is 16. The van der Waals surface area contributed by atoms with Gasteiger partial charge in [0.15, 0.2) is 5.60 Å². The smallest absolute Gasteiger partial charge is 0.336 e. The number of nitrogens with one attached hydrogen (secondary N) is 2. The molecular formula is C42H46Cl2N6O11. The van der Waals surface area contributed by atoms with Crippen LogP contribution in [0, 0.1) is 22.7 Å². The number of amides is 3. The third-order valence-electron chi connectivity index (χ3n) is 10.7. The molecule has 2 unspecified atom stereocenters. The first-order valence-corrected chi connectivity index (χ1v) is 20.1. The van der Waals surface area contributed by atoms with Gasteiger partial charge in [-0.05, 0) is 73.2 Å². The van der Waals surface area contributed by atoms with Crippen LogP contribution < -0.4 is 15.4 Å². The zero-order chi connectivity index (χ0) is 44.9. The van der Waals surface area contributed by atoms with Crippen LogP contribution in [0.4, 0.5) is 0 Å². The Kier molecular flexibility index (Phi) is 17.2. The van der Waals surface area contributed by atoms with Gasteiger partial charge >= 0.3 is 17.9 Å². The molecule has 3 amide bonds. The van der Waals surface area contributed by atoms with Crippen molar-refractivity contribution in [2.75, 3.05) is 39.8 Å². The molecule has 3 aromatic rings. The second-order valence-corrected chi connectivity index (χ2v) is 15.5. The van der Waals surface area contributed by atoms with Gasteiger partial charge in [-0.15, -0.1) is 0 Å². The number of hydrogen-bond acceptors (Lipinski definition) is 11. The molecule has 0 saturated carbocycles. The van der Waals surface area contributed by atoms with Crippen LogP contribution >= 0.6 is 23.2 Å². The Balaban J connectivity index is 0.000000544. The summed E-state index contributed by atoms with van der Waals surface area (Å²) < 4.78 is 5.56. The maximum atomic E-state index is 13.9. The van der Waals surface area contributed by atoms with Crippen molar-refractivity contribution in [2.45, 2.75) is 75.0 Å². The van der Waals surface area contributed by atoms with E-state index in [0.29, 0.717) is 54.3 Å². The maximum absolute atomic E-state index is 13.9. The molecule has 2 fully saturated rings. The minimum absolute atomic E-state index is 0.0361. The number of piperidine rings is 2. The van der Waals surface area contributed by atoms with Gasteiger partial charge in [0, 0.05) is 38.0 Å². The molecule has 0 aliphatic carbocycles. The molecule has 6 N–H and O–H groups in total. The summed E-state index contributed by atoms with van der Waals surface area (Å²) in [5.41, 5.74) is -1.33. The van der Waals surface area contributed by atoms with Crippen molar-refractivity contribution in [3.8, 4) is 17.9 Å². The molecule has 2 aliphatic heterocycles. The normalized spacial score (nSPS) is 17.1. The van der Waals surface area contributed by atoms with Crippen LogP contribution in [0.1, 0.15) is 78.8 Å². The highest BCUT2D eigenvalue weighted by molar-refractivity contribution is 6.42. The number of carboxylic acids is 3. The van der Waals surface area contributed by atoms with Crippen molar-refractivity contribution in [3.63, 3.8) is 0 Å². The molecule has 61 heavy (non-hydrogen) atoms. The molecular weight excluding hydrogens is 835 g/mol. The minimum Gasteiger partial charge on any atom is -0.495 e. The molecule has 2 heterocycles. The van der Waals surface area contributed by atoms with E-state index in [1.807, 2.05) is 41.3 Å². The number of aliphatic carboxylic acids is 3. The summed E-state index contributed by atoms with van der Waals surface area (Å²) in [6.07, 6.45) is 1.87. The van der Waals surface area contributed by atoms with E-state index in [2.05, 4.69) is 21.6 Å². The van der Waals surface area contributed by atoms with Gasteiger partial charge in [-0.3, -0.25) is 28.9 Å². The lowest BCUT2D eigenvalue weighted by atomic mass is 9.91. The number of likely N-dealkylation sites (tertiary alicyclic amines) is 2. The van der Waals surface area contributed by atoms with E-state index in [1.165, 1.54) is 7.11 Å². The van der Waals surface area contributed by atoms with Crippen LogP contribution in [0.25, 0.3) is 10.8 Å². The van der Waals surface area contributed by atoms with Gasteiger partial charge in [-0.25, -0.2) is 4.79 Å². The van der Waals surface area contributed by atoms with E-state index in [1.54, 1.807) is 18.2 Å². The Hall–Kier alpha value is -5.98. The standard InChI is InChI=1S/C36H38Cl2N6O4.C6H8O7/c1-48-34-26(21-40)18-24-6-2-3-7-28(24)33(34)36(47)42-22-25(23-9-10-29(37)30(38)19-23)11-16-43-17-12-27(44-15-5-4-8-32(44)45)20-31(43)35(46)41-14-13-39;7-3(8)1-6(13,5(11)12)2-4(9)10/h2-3,6-7,9-10,18-19,25,27,31H,4-5,8,11-12,14-17,20,22H2,1H3,(H,41,46)(H,42,47);13H,1-2H2,(H,7,8)(H,9,10)(H,11,12)/t25?,27?,31-;/m0./s1. The van der Waals surface area contributed by atoms with E-state index in [-0.39, 0.29) is 59.6 Å². The number of methoxy groups -OCH3 is 1. The summed E-state index contributed by atoms with van der Waals surface area (Å²) in [4.78, 5) is 74.4. The number of benzene rings is 3. The molecule has 0 radical (unpaired) electrons. The highest BCUT2D eigenvalue weighted by atomic mass is 35.5. The Bertz CT molecular complexity index is 2210. The van der Waals surface area contributed by atoms with Gasteiger partial charge in [-0.1, -0.05) is 53.5 Å². The SMILES string of the molecule is COc1c(C#N)cc2ccccc2c1C(=O)NCC(CCN1CCC(N2CCCCC2=O)C[C@H]1C(=O)NCC#N)c1ccc(Cl)c(Cl)c1.O=C(O)CC(O)(CC(=O)O)C(=O)O. The van der Waals surface area contributed by atoms with Crippen LogP contribution in [-0.2, 0) is 24.0 Å². The molecule has 0 bridgehead atoms. The van der Waals surface area contributed by atoms with Gasteiger partial charge in [0.25, 0.3) is 5.91 Å². The molecule has 0 spiro atoms. The lowest BCUT2D eigenvalue weighted by Gasteiger charge is -2.44. The summed E-state index contributed by atoms with van der Waals surface area (Å²) >= 11 is 12.7. The van der Waals surface area contributed by atoms with E-state index >= 15 is 0 Å². The second-order valence-electron chi connectivity index (χ2n) is 14.7. The predicted molar refractivity (Wildman–Crippen MR) is 221 cm³/mol. The molecule has 0 aromatic heterocycles. The zero-order valence-electron chi connectivity index (χ0n) is 33.2. The first kappa shape index (κ1) is 47.7. The number of aliphatic hydroxyl groups is 1. The topological polar surface area (TPSA) is 271 Å². The molecule has 5 rings (SSSR count). The zero-order valence-corrected chi connectivity index (χ0v) is 34.7. The van der Waals surface area contributed by atoms with Crippen molar-refractivity contribution in [1.29, 1.82) is 10.5 Å². The molecule has 324 valence electrons. The number of halogens is 2. The van der Waals surface area contributed by atoms with E-state index < -0.39 is 42.4 Å². The molecule has 2 saturated heterocycles. The lowest BCUT2D eigenvalue weighted by Crippen LogP contribution is -2.57. The van der Waals surface area contributed by atoms with Crippen molar-refractivity contribution < 1.29 is 53.9 Å². The summed E-state index contributed by atoms with van der Waals surface area (Å²) in [6, 6.07) is 18.0. The first-order valence-electron chi connectivity index (χ1n) is 19.3. The largest absolute Gasteiger partial charge is 0.495 e. The van der Waals surface area contributed by atoms with Crippen LogP contribution in [0.2, 0.25) is 10.0 Å². The lowest BCUT2D eigenvalue weighted by molar-refractivity contribution is -0.170. The second kappa shape index (κ2) is 22.0. The van der Waals surface area contributed by atoms with Crippen LogP contribution in [0.3, 0.4) is 0 Å². The summed E-state index contributed by atoms with van der Waals surface area (Å²) in [5, 5.41) is 60.7. The Morgan fingerprint density at radius 2 is 1.67 bits per heavy atom. The fourth-order valence-electron chi connectivity index (χ4n) is 7.62. The summed E-state index contributed by atoms with van der Waals surface area (Å²) in [5.74, 6) is -5.51. The molecule has 2 aliphatic rings. The fraction of sp³-hybridized carbons (Fsp3) is 0.429. The Labute approximate surface area is 361 Å². The summed E-state index contributed by atoms with van der Waals surface area (Å²) in [6.45, 7) is 1.95. The van der Waals surface area contributed by atoms with Gasteiger partial charge in [0.05, 0.1) is 53.2 Å². The number of nitriles is 2. The van der Waals surface area contributed by atoms with Gasteiger partial charge in [0.2, 0.25) is 11.8 Å². The average Bonchev–Trinajstić information content (AvgIpc) is 3.22. The van der Waals surface area contributed by atoms with E-state index in [9.17, 15) is 34.0 Å². The number of carboxylic acid groups (broad SMARTS) is 3.